The molecule has 5 nitrogen and oxygen atoms in total. The van der Waals surface area contributed by atoms with Crippen LogP contribution in [0.2, 0.25) is 0 Å². The van der Waals surface area contributed by atoms with Crippen molar-refractivity contribution >= 4 is 15.9 Å². The fourth-order valence-electron chi connectivity index (χ4n) is 1.82. The zero-order chi connectivity index (χ0) is 15.2. The Morgan fingerprint density at radius 3 is 2.50 bits per heavy atom. The van der Waals surface area contributed by atoms with Crippen LogP contribution in [0.3, 0.4) is 0 Å². The molecule has 1 aromatic rings. The minimum Gasteiger partial charge on any atom is -0.351 e. The number of amides is 1. The van der Waals surface area contributed by atoms with Gasteiger partial charge in [0.15, 0.2) is 0 Å². The van der Waals surface area contributed by atoms with E-state index in [1.807, 2.05) is 30.3 Å². The third-order valence-electron chi connectivity index (χ3n) is 2.88. The highest BCUT2D eigenvalue weighted by Crippen LogP contribution is 2.22. The maximum atomic E-state index is 11.9. The summed E-state index contributed by atoms with van der Waals surface area (Å²) >= 11 is 0. The maximum Gasteiger partial charge on any atom is 0.235 e. The number of benzene rings is 1. The minimum absolute atomic E-state index is 0.206. The molecule has 0 aliphatic carbocycles. The second kappa shape index (κ2) is 7.21. The van der Waals surface area contributed by atoms with Gasteiger partial charge in [-0.05, 0) is 12.5 Å². The molecule has 0 aliphatic rings. The normalized spacial score (nSPS) is 12.9. The maximum absolute atomic E-state index is 11.9. The molecule has 0 aliphatic heterocycles. The standard InChI is InChI=1S/C14H20N2O3S/c1-4-10-15-14(17)11-16(20(3,18)19)12(2)13-8-6-5-7-9-13/h4-9,12H,1,10-11H2,2-3H3,(H,15,17). The number of nitrogens with zero attached hydrogens (tertiary/aromatic N) is 1. The first-order valence-electron chi connectivity index (χ1n) is 6.25. The van der Waals surface area contributed by atoms with Crippen LogP contribution < -0.4 is 5.32 Å². The summed E-state index contributed by atoms with van der Waals surface area (Å²) in [6.45, 7) is 5.37. The first kappa shape index (κ1) is 16.4. The molecule has 0 fully saturated rings. The van der Waals surface area contributed by atoms with E-state index in [0.29, 0.717) is 6.54 Å². The Bertz CT molecular complexity index is 555. The van der Waals surface area contributed by atoms with E-state index in [1.54, 1.807) is 13.0 Å². The van der Waals surface area contributed by atoms with Crippen LogP contribution in [0.1, 0.15) is 18.5 Å². The zero-order valence-corrected chi connectivity index (χ0v) is 12.6. The van der Waals surface area contributed by atoms with Gasteiger partial charge in [0, 0.05) is 12.6 Å². The van der Waals surface area contributed by atoms with Gasteiger partial charge in [-0.1, -0.05) is 36.4 Å². The minimum atomic E-state index is -3.49. The average Bonchev–Trinajstić information content (AvgIpc) is 2.41. The summed E-state index contributed by atoms with van der Waals surface area (Å²) in [6.07, 6.45) is 2.65. The molecule has 0 saturated carbocycles. The number of carbonyl (C=O) groups is 1. The molecule has 0 heterocycles. The van der Waals surface area contributed by atoms with Crippen LogP contribution in [0.4, 0.5) is 0 Å². The van der Waals surface area contributed by atoms with E-state index >= 15 is 0 Å². The van der Waals surface area contributed by atoms with E-state index in [4.69, 9.17) is 0 Å². The molecule has 6 heteroatoms. The summed E-state index contributed by atoms with van der Waals surface area (Å²) in [5, 5.41) is 2.58. The summed E-state index contributed by atoms with van der Waals surface area (Å²) < 4.78 is 24.9. The molecule has 0 bridgehead atoms. The fourth-order valence-corrected chi connectivity index (χ4v) is 2.87. The number of hydrogen-bond acceptors (Lipinski definition) is 3. The highest BCUT2D eigenvalue weighted by molar-refractivity contribution is 7.88. The molecule has 1 amide bonds. The number of hydrogen-bond donors (Lipinski definition) is 1. The summed E-state index contributed by atoms with van der Waals surface area (Å²) in [7, 11) is -3.49. The summed E-state index contributed by atoms with van der Waals surface area (Å²) in [6, 6.07) is 8.81. The highest BCUT2D eigenvalue weighted by Gasteiger charge is 2.26. The van der Waals surface area contributed by atoms with Gasteiger partial charge in [-0.25, -0.2) is 8.42 Å². The van der Waals surface area contributed by atoms with Gasteiger partial charge in [-0.3, -0.25) is 4.79 Å². The summed E-state index contributed by atoms with van der Waals surface area (Å²) in [4.78, 5) is 11.7. The van der Waals surface area contributed by atoms with E-state index in [9.17, 15) is 13.2 Å². The van der Waals surface area contributed by atoms with Crippen molar-refractivity contribution in [2.24, 2.45) is 0 Å². The van der Waals surface area contributed by atoms with Gasteiger partial charge in [0.1, 0.15) is 0 Å². The van der Waals surface area contributed by atoms with E-state index in [2.05, 4.69) is 11.9 Å². The molecule has 1 N–H and O–H groups in total. The quantitative estimate of drug-likeness (QED) is 0.772. The van der Waals surface area contributed by atoms with Crippen LogP contribution in [-0.2, 0) is 14.8 Å². The fraction of sp³-hybridized carbons (Fsp3) is 0.357. The molecule has 0 radical (unpaired) electrons. The van der Waals surface area contributed by atoms with Crippen molar-refractivity contribution < 1.29 is 13.2 Å². The number of rotatable bonds is 7. The van der Waals surface area contributed by atoms with Crippen LogP contribution in [0.5, 0.6) is 0 Å². The molecule has 1 rings (SSSR count). The van der Waals surface area contributed by atoms with Crippen molar-refractivity contribution in [3.05, 3.63) is 48.6 Å². The van der Waals surface area contributed by atoms with E-state index in [1.165, 1.54) is 4.31 Å². The van der Waals surface area contributed by atoms with Gasteiger partial charge in [0.05, 0.1) is 12.8 Å². The third-order valence-corrected chi connectivity index (χ3v) is 4.18. The zero-order valence-electron chi connectivity index (χ0n) is 11.7. The Kier molecular flexibility index (Phi) is 5.91. The molecule has 1 atom stereocenters. The van der Waals surface area contributed by atoms with Crippen molar-refractivity contribution in [2.45, 2.75) is 13.0 Å². The second-order valence-electron chi connectivity index (χ2n) is 4.49. The van der Waals surface area contributed by atoms with E-state index in [-0.39, 0.29) is 12.5 Å². The Hall–Kier alpha value is -1.66. The summed E-state index contributed by atoms with van der Waals surface area (Å²) in [5.74, 6) is -0.349. The predicted octanol–water partition coefficient (Wildman–Crippen LogP) is 1.31. The van der Waals surface area contributed by atoms with Gasteiger partial charge < -0.3 is 5.32 Å². The lowest BCUT2D eigenvalue weighted by Gasteiger charge is -2.26. The highest BCUT2D eigenvalue weighted by atomic mass is 32.2. The van der Waals surface area contributed by atoms with Crippen LogP contribution in [0.15, 0.2) is 43.0 Å². The Morgan fingerprint density at radius 2 is 2.00 bits per heavy atom. The molecule has 1 unspecified atom stereocenters. The van der Waals surface area contributed by atoms with Crippen LogP contribution in [0.25, 0.3) is 0 Å². The average molecular weight is 296 g/mol. The molecule has 20 heavy (non-hydrogen) atoms. The largest absolute Gasteiger partial charge is 0.351 e. The van der Waals surface area contributed by atoms with Crippen LogP contribution >= 0.6 is 0 Å². The molecule has 0 spiro atoms. The van der Waals surface area contributed by atoms with Crippen molar-refractivity contribution in [3.8, 4) is 0 Å². The lowest BCUT2D eigenvalue weighted by atomic mass is 10.1. The lowest BCUT2D eigenvalue weighted by molar-refractivity contribution is -0.121. The smallest absolute Gasteiger partial charge is 0.235 e. The van der Waals surface area contributed by atoms with Crippen molar-refractivity contribution in [1.82, 2.24) is 9.62 Å². The first-order chi connectivity index (χ1) is 9.36. The van der Waals surface area contributed by atoms with E-state index < -0.39 is 16.1 Å². The van der Waals surface area contributed by atoms with Crippen LogP contribution in [-0.4, -0.2) is 38.0 Å². The molecule has 0 aromatic heterocycles. The molecular formula is C14H20N2O3S. The number of sulfonamides is 1. The number of nitrogens with one attached hydrogen (secondary N) is 1. The second-order valence-corrected chi connectivity index (χ2v) is 6.42. The van der Waals surface area contributed by atoms with Gasteiger partial charge in [-0.2, -0.15) is 4.31 Å². The van der Waals surface area contributed by atoms with Gasteiger partial charge in [0.2, 0.25) is 15.9 Å². The molecule has 1 aromatic carbocycles. The van der Waals surface area contributed by atoms with E-state index in [0.717, 1.165) is 11.8 Å². The van der Waals surface area contributed by atoms with Crippen LogP contribution in [0, 0.1) is 0 Å². The van der Waals surface area contributed by atoms with Crippen molar-refractivity contribution in [2.75, 3.05) is 19.3 Å². The number of carbonyl (C=O) groups excluding carboxylic acids is 1. The van der Waals surface area contributed by atoms with Crippen molar-refractivity contribution in [3.63, 3.8) is 0 Å². The Labute approximate surface area is 120 Å². The topological polar surface area (TPSA) is 66.5 Å². The SMILES string of the molecule is C=CCNC(=O)CN(C(C)c1ccccc1)S(C)(=O)=O. The van der Waals surface area contributed by atoms with Gasteiger partial charge in [-0.15, -0.1) is 6.58 Å². The Morgan fingerprint density at radius 1 is 1.40 bits per heavy atom. The first-order valence-corrected chi connectivity index (χ1v) is 8.10. The molecule has 110 valence electrons. The molecular weight excluding hydrogens is 276 g/mol. The Balaban J connectivity index is 2.91. The summed E-state index contributed by atoms with van der Waals surface area (Å²) in [5.41, 5.74) is 0.842. The van der Waals surface area contributed by atoms with Gasteiger partial charge >= 0.3 is 0 Å². The third kappa shape index (κ3) is 4.79. The molecule has 0 saturated heterocycles. The van der Waals surface area contributed by atoms with Crippen molar-refractivity contribution in [1.29, 1.82) is 0 Å². The predicted molar refractivity (Wildman–Crippen MR) is 79.6 cm³/mol. The lowest BCUT2D eigenvalue weighted by Crippen LogP contribution is -2.41. The monoisotopic (exact) mass is 296 g/mol. The van der Waals surface area contributed by atoms with Gasteiger partial charge in [0.25, 0.3) is 0 Å².